The molecule has 0 atom stereocenters. The third-order valence-electron chi connectivity index (χ3n) is 2.95. The van der Waals surface area contributed by atoms with Crippen LogP contribution in [-0.4, -0.2) is 20.9 Å². The number of pyridine rings is 1. The van der Waals surface area contributed by atoms with E-state index in [2.05, 4.69) is 10.2 Å². The van der Waals surface area contributed by atoms with Crippen LogP contribution in [0.2, 0.25) is 5.02 Å². The number of fused-ring (bicyclic) bond motifs is 1. The molecule has 1 aromatic carbocycles. The molecule has 2 aromatic heterocycles. The average Bonchev–Trinajstić information content (AvgIpc) is 2.83. The zero-order chi connectivity index (χ0) is 13.2. The molecular formula is C14H10ClN3O. The van der Waals surface area contributed by atoms with Crippen LogP contribution < -0.4 is 0 Å². The second-order valence-corrected chi connectivity index (χ2v) is 4.60. The van der Waals surface area contributed by atoms with Crippen LogP contribution in [0.4, 0.5) is 0 Å². The van der Waals surface area contributed by atoms with Gasteiger partial charge in [0.25, 0.3) is 0 Å². The molecule has 19 heavy (non-hydrogen) atoms. The average molecular weight is 272 g/mol. The van der Waals surface area contributed by atoms with Gasteiger partial charge in [0.05, 0.1) is 0 Å². The van der Waals surface area contributed by atoms with E-state index in [4.69, 9.17) is 11.6 Å². The van der Waals surface area contributed by atoms with Gasteiger partial charge >= 0.3 is 0 Å². The summed E-state index contributed by atoms with van der Waals surface area (Å²) < 4.78 is 1.86. The van der Waals surface area contributed by atoms with Gasteiger partial charge in [0.15, 0.2) is 5.65 Å². The summed E-state index contributed by atoms with van der Waals surface area (Å²) in [5.74, 6) is 0.792. The fraction of sp³-hybridized carbons (Fsp3) is 0.0714. The highest BCUT2D eigenvalue weighted by Crippen LogP contribution is 2.18. The first kappa shape index (κ1) is 11.9. The fourth-order valence-corrected chi connectivity index (χ4v) is 2.16. The van der Waals surface area contributed by atoms with Crippen molar-refractivity contribution in [2.24, 2.45) is 0 Å². The van der Waals surface area contributed by atoms with Crippen molar-refractivity contribution in [3.63, 3.8) is 0 Å². The van der Waals surface area contributed by atoms with Gasteiger partial charge in [-0.3, -0.25) is 9.20 Å². The minimum atomic E-state index is 0.587. The highest BCUT2D eigenvalue weighted by atomic mass is 35.5. The first-order valence-corrected chi connectivity index (χ1v) is 6.18. The van der Waals surface area contributed by atoms with Gasteiger partial charge in [-0.2, -0.15) is 0 Å². The second kappa shape index (κ2) is 4.82. The summed E-state index contributed by atoms with van der Waals surface area (Å²) >= 11 is 6.14. The Balaban J connectivity index is 2.02. The molecule has 0 N–H and O–H groups in total. The van der Waals surface area contributed by atoms with E-state index in [0.29, 0.717) is 22.7 Å². The van der Waals surface area contributed by atoms with Gasteiger partial charge in [0.2, 0.25) is 0 Å². The van der Waals surface area contributed by atoms with Gasteiger partial charge in [-0.1, -0.05) is 29.8 Å². The molecule has 3 rings (SSSR count). The summed E-state index contributed by atoms with van der Waals surface area (Å²) in [5, 5.41) is 8.92. The third kappa shape index (κ3) is 2.22. The highest BCUT2D eigenvalue weighted by Gasteiger charge is 2.08. The Morgan fingerprint density at radius 1 is 1.21 bits per heavy atom. The van der Waals surface area contributed by atoms with E-state index in [1.807, 2.05) is 28.7 Å². The van der Waals surface area contributed by atoms with Crippen LogP contribution in [0.1, 0.15) is 21.7 Å². The van der Waals surface area contributed by atoms with Crippen LogP contribution in [0, 0.1) is 0 Å². The number of halogens is 1. The Hall–Kier alpha value is -2.20. The third-order valence-corrected chi connectivity index (χ3v) is 3.32. The van der Waals surface area contributed by atoms with E-state index in [1.54, 1.807) is 18.3 Å². The minimum absolute atomic E-state index is 0.587. The molecule has 0 saturated heterocycles. The largest absolute Gasteiger partial charge is 0.298 e. The Kier molecular flexibility index (Phi) is 3.01. The van der Waals surface area contributed by atoms with Crippen LogP contribution in [0.25, 0.3) is 5.65 Å². The molecule has 0 aliphatic carbocycles. The summed E-state index contributed by atoms with van der Waals surface area (Å²) in [6.45, 7) is 0. The van der Waals surface area contributed by atoms with Crippen molar-refractivity contribution in [1.82, 2.24) is 14.6 Å². The molecule has 3 aromatic rings. The molecule has 4 nitrogen and oxygen atoms in total. The van der Waals surface area contributed by atoms with E-state index < -0.39 is 0 Å². The van der Waals surface area contributed by atoms with E-state index in [0.717, 1.165) is 17.7 Å². The first-order chi connectivity index (χ1) is 9.28. The normalized spacial score (nSPS) is 10.8. The van der Waals surface area contributed by atoms with Crippen LogP contribution in [0.15, 0.2) is 42.6 Å². The zero-order valence-electron chi connectivity index (χ0n) is 9.95. The lowest BCUT2D eigenvalue weighted by Crippen LogP contribution is -1.97. The number of hydrogen-bond acceptors (Lipinski definition) is 3. The number of carbonyl (C=O) groups excluding carboxylic acids is 1. The molecule has 0 bridgehead atoms. The van der Waals surface area contributed by atoms with Gasteiger partial charge in [0.1, 0.15) is 12.1 Å². The van der Waals surface area contributed by atoms with Crippen molar-refractivity contribution in [1.29, 1.82) is 0 Å². The summed E-state index contributed by atoms with van der Waals surface area (Å²) in [4.78, 5) is 10.7. The predicted octanol–water partition coefficient (Wildman–Crippen LogP) is 2.79. The first-order valence-electron chi connectivity index (χ1n) is 5.80. The lowest BCUT2D eigenvalue weighted by Gasteiger charge is -2.02. The molecule has 0 radical (unpaired) electrons. The number of benzene rings is 1. The van der Waals surface area contributed by atoms with E-state index in [1.165, 1.54) is 0 Å². The topological polar surface area (TPSA) is 47.3 Å². The van der Waals surface area contributed by atoms with E-state index >= 15 is 0 Å². The maximum absolute atomic E-state index is 10.7. The maximum atomic E-state index is 10.7. The lowest BCUT2D eigenvalue weighted by molar-refractivity contribution is 0.112. The van der Waals surface area contributed by atoms with Gasteiger partial charge in [0, 0.05) is 23.2 Å². The van der Waals surface area contributed by atoms with Gasteiger partial charge in [-0.25, -0.2) is 0 Å². The predicted molar refractivity (Wildman–Crippen MR) is 72.6 cm³/mol. The lowest BCUT2D eigenvalue weighted by atomic mass is 10.1. The van der Waals surface area contributed by atoms with Crippen molar-refractivity contribution in [2.75, 3.05) is 0 Å². The van der Waals surface area contributed by atoms with Gasteiger partial charge in [-0.05, 0) is 23.8 Å². The number of hydrogen-bond donors (Lipinski definition) is 0. The molecule has 0 fully saturated rings. The zero-order valence-corrected chi connectivity index (χ0v) is 10.7. The molecule has 0 aliphatic heterocycles. The summed E-state index contributed by atoms with van der Waals surface area (Å²) in [6.07, 6.45) is 3.19. The van der Waals surface area contributed by atoms with Crippen LogP contribution in [0.5, 0.6) is 0 Å². The Bertz CT molecular complexity index is 751. The van der Waals surface area contributed by atoms with Crippen LogP contribution in [0.3, 0.4) is 0 Å². The number of rotatable bonds is 3. The second-order valence-electron chi connectivity index (χ2n) is 4.19. The number of carbonyl (C=O) groups is 1. The number of nitrogens with zero attached hydrogens (tertiary/aromatic N) is 3. The molecule has 0 spiro atoms. The van der Waals surface area contributed by atoms with Crippen molar-refractivity contribution in [2.45, 2.75) is 6.42 Å². The number of aldehydes is 1. The van der Waals surface area contributed by atoms with Gasteiger partial charge < -0.3 is 0 Å². The standard InChI is InChI=1S/C14H10ClN3O/c15-12-4-2-1-3-11(12)8-14-17-16-13-7-10(9-19)5-6-18(13)14/h1-7,9H,8H2. The monoisotopic (exact) mass is 271 g/mol. The highest BCUT2D eigenvalue weighted by molar-refractivity contribution is 6.31. The Labute approximate surface area is 114 Å². The van der Waals surface area contributed by atoms with Gasteiger partial charge in [-0.15, -0.1) is 10.2 Å². The molecule has 0 saturated carbocycles. The molecular weight excluding hydrogens is 262 g/mol. The van der Waals surface area contributed by atoms with E-state index in [9.17, 15) is 4.79 Å². The smallest absolute Gasteiger partial charge is 0.161 e. The molecule has 0 amide bonds. The quantitative estimate of drug-likeness (QED) is 0.688. The maximum Gasteiger partial charge on any atom is 0.161 e. The van der Waals surface area contributed by atoms with Crippen LogP contribution in [-0.2, 0) is 6.42 Å². The number of aromatic nitrogens is 3. The summed E-state index contributed by atoms with van der Waals surface area (Å²) in [5.41, 5.74) is 2.24. The van der Waals surface area contributed by atoms with Crippen molar-refractivity contribution in [3.05, 3.63) is 64.6 Å². The summed E-state index contributed by atoms with van der Waals surface area (Å²) in [7, 11) is 0. The molecule has 0 aliphatic rings. The van der Waals surface area contributed by atoms with Crippen molar-refractivity contribution in [3.8, 4) is 0 Å². The Morgan fingerprint density at radius 2 is 2.05 bits per heavy atom. The fourth-order valence-electron chi connectivity index (χ4n) is 1.96. The molecule has 0 unspecified atom stereocenters. The molecule has 2 heterocycles. The SMILES string of the molecule is O=Cc1ccn2c(Cc3ccccc3Cl)nnc2c1. The van der Waals surface area contributed by atoms with E-state index in [-0.39, 0.29) is 0 Å². The van der Waals surface area contributed by atoms with Crippen LogP contribution >= 0.6 is 11.6 Å². The Morgan fingerprint density at radius 3 is 2.84 bits per heavy atom. The van der Waals surface area contributed by atoms with Crippen molar-refractivity contribution < 1.29 is 4.79 Å². The van der Waals surface area contributed by atoms with Crippen molar-refractivity contribution >= 4 is 23.5 Å². The molecule has 5 heteroatoms. The minimum Gasteiger partial charge on any atom is -0.298 e. The summed E-state index contributed by atoms with van der Waals surface area (Å²) in [6, 6.07) is 11.1. The molecule has 94 valence electrons.